The highest BCUT2D eigenvalue weighted by Gasteiger charge is 2.25. The SMILES string of the molecule is CCC(C)(N)C(=O)Nc1ccc(-c2ccccc2)cc1. The summed E-state index contributed by atoms with van der Waals surface area (Å²) in [6.45, 7) is 3.64. The van der Waals surface area contributed by atoms with Crippen LogP contribution in [0.1, 0.15) is 20.3 Å². The monoisotopic (exact) mass is 268 g/mol. The molecule has 104 valence electrons. The number of benzene rings is 2. The lowest BCUT2D eigenvalue weighted by atomic mass is 9.99. The molecular weight excluding hydrogens is 248 g/mol. The maximum absolute atomic E-state index is 12.0. The molecule has 0 saturated carbocycles. The molecule has 0 aliphatic heterocycles. The fraction of sp³-hybridized carbons (Fsp3) is 0.235. The Labute approximate surface area is 119 Å². The summed E-state index contributed by atoms with van der Waals surface area (Å²) >= 11 is 0. The minimum atomic E-state index is -0.835. The van der Waals surface area contributed by atoms with Gasteiger partial charge in [-0.25, -0.2) is 0 Å². The lowest BCUT2D eigenvalue weighted by Gasteiger charge is -2.21. The third-order valence-electron chi connectivity index (χ3n) is 3.50. The van der Waals surface area contributed by atoms with E-state index in [0.29, 0.717) is 6.42 Å². The first-order valence-electron chi connectivity index (χ1n) is 6.79. The van der Waals surface area contributed by atoms with E-state index in [2.05, 4.69) is 17.4 Å². The van der Waals surface area contributed by atoms with Crippen LogP contribution in [0.25, 0.3) is 11.1 Å². The van der Waals surface area contributed by atoms with Gasteiger partial charge < -0.3 is 11.1 Å². The largest absolute Gasteiger partial charge is 0.325 e. The molecule has 0 radical (unpaired) electrons. The van der Waals surface area contributed by atoms with Crippen molar-refractivity contribution in [3.63, 3.8) is 0 Å². The van der Waals surface area contributed by atoms with Gasteiger partial charge >= 0.3 is 0 Å². The molecule has 0 bridgehead atoms. The molecule has 0 saturated heterocycles. The average molecular weight is 268 g/mol. The second-order valence-electron chi connectivity index (χ2n) is 5.17. The standard InChI is InChI=1S/C17H20N2O/c1-3-17(2,18)16(20)19-15-11-9-14(10-12-15)13-7-5-4-6-8-13/h4-12H,3,18H2,1-2H3,(H,19,20). The van der Waals surface area contributed by atoms with Crippen molar-refractivity contribution in [2.45, 2.75) is 25.8 Å². The summed E-state index contributed by atoms with van der Waals surface area (Å²) in [4.78, 5) is 12.0. The minimum Gasteiger partial charge on any atom is -0.325 e. The molecule has 3 heteroatoms. The summed E-state index contributed by atoms with van der Waals surface area (Å²) in [5, 5.41) is 2.85. The number of hydrogen-bond donors (Lipinski definition) is 2. The Hall–Kier alpha value is -2.13. The van der Waals surface area contributed by atoms with Crippen molar-refractivity contribution in [2.75, 3.05) is 5.32 Å². The Morgan fingerprint density at radius 3 is 2.15 bits per heavy atom. The van der Waals surface area contributed by atoms with Gasteiger partial charge in [-0.05, 0) is 36.6 Å². The lowest BCUT2D eigenvalue weighted by molar-refractivity contribution is -0.120. The van der Waals surface area contributed by atoms with Crippen molar-refractivity contribution >= 4 is 11.6 Å². The summed E-state index contributed by atoms with van der Waals surface area (Å²) in [7, 11) is 0. The van der Waals surface area contributed by atoms with Crippen LogP contribution in [0.15, 0.2) is 54.6 Å². The van der Waals surface area contributed by atoms with E-state index in [0.717, 1.165) is 16.8 Å². The van der Waals surface area contributed by atoms with Gasteiger partial charge in [0.1, 0.15) is 0 Å². The van der Waals surface area contributed by atoms with E-state index in [1.807, 2.05) is 49.4 Å². The van der Waals surface area contributed by atoms with Gasteiger partial charge in [0.25, 0.3) is 0 Å². The van der Waals surface area contributed by atoms with E-state index in [4.69, 9.17) is 5.73 Å². The Kier molecular flexibility index (Phi) is 4.20. The molecule has 1 unspecified atom stereocenters. The van der Waals surface area contributed by atoms with E-state index in [1.54, 1.807) is 6.92 Å². The number of amides is 1. The van der Waals surface area contributed by atoms with E-state index >= 15 is 0 Å². The molecule has 3 N–H and O–H groups in total. The minimum absolute atomic E-state index is 0.160. The number of carbonyl (C=O) groups excluding carboxylic acids is 1. The molecule has 0 fully saturated rings. The van der Waals surface area contributed by atoms with Crippen molar-refractivity contribution in [1.29, 1.82) is 0 Å². The van der Waals surface area contributed by atoms with Crippen LogP contribution in [0.2, 0.25) is 0 Å². The fourth-order valence-electron chi connectivity index (χ4n) is 1.81. The molecule has 20 heavy (non-hydrogen) atoms. The van der Waals surface area contributed by atoms with Crippen LogP contribution in [-0.4, -0.2) is 11.4 Å². The molecule has 2 rings (SSSR count). The Morgan fingerprint density at radius 2 is 1.60 bits per heavy atom. The van der Waals surface area contributed by atoms with Crippen LogP contribution in [0.5, 0.6) is 0 Å². The van der Waals surface area contributed by atoms with Gasteiger partial charge in [-0.1, -0.05) is 49.4 Å². The molecule has 0 spiro atoms. The summed E-state index contributed by atoms with van der Waals surface area (Å²) in [5.41, 5.74) is 8.12. The zero-order valence-electron chi connectivity index (χ0n) is 11.9. The number of anilines is 1. The molecule has 1 atom stereocenters. The van der Waals surface area contributed by atoms with E-state index < -0.39 is 5.54 Å². The van der Waals surface area contributed by atoms with Gasteiger partial charge in [0.2, 0.25) is 5.91 Å². The van der Waals surface area contributed by atoms with Crippen LogP contribution >= 0.6 is 0 Å². The molecule has 1 amide bonds. The first kappa shape index (κ1) is 14.3. The van der Waals surface area contributed by atoms with Gasteiger partial charge in [0, 0.05) is 5.69 Å². The van der Waals surface area contributed by atoms with Crippen LogP contribution in [0.4, 0.5) is 5.69 Å². The normalized spacial score (nSPS) is 13.6. The summed E-state index contributed by atoms with van der Waals surface area (Å²) < 4.78 is 0. The first-order valence-corrected chi connectivity index (χ1v) is 6.79. The van der Waals surface area contributed by atoms with Crippen LogP contribution in [-0.2, 0) is 4.79 Å². The third kappa shape index (κ3) is 3.25. The zero-order valence-corrected chi connectivity index (χ0v) is 11.9. The molecule has 2 aromatic rings. The third-order valence-corrected chi connectivity index (χ3v) is 3.50. The smallest absolute Gasteiger partial charge is 0.244 e. The van der Waals surface area contributed by atoms with Crippen molar-refractivity contribution in [2.24, 2.45) is 5.73 Å². The maximum atomic E-state index is 12.0. The van der Waals surface area contributed by atoms with Crippen molar-refractivity contribution < 1.29 is 4.79 Å². The summed E-state index contributed by atoms with van der Waals surface area (Å²) in [6, 6.07) is 17.9. The number of nitrogens with two attached hydrogens (primary N) is 1. The number of carbonyl (C=O) groups is 1. The van der Waals surface area contributed by atoms with Gasteiger partial charge in [0.05, 0.1) is 5.54 Å². The predicted molar refractivity (Wildman–Crippen MR) is 83.4 cm³/mol. The fourth-order valence-corrected chi connectivity index (χ4v) is 1.81. The average Bonchev–Trinajstić information content (AvgIpc) is 2.49. The number of hydrogen-bond acceptors (Lipinski definition) is 2. The van der Waals surface area contributed by atoms with Gasteiger partial charge in [-0.2, -0.15) is 0 Å². The first-order chi connectivity index (χ1) is 9.53. The lowest BCUT2D eigenvalue weighted by Crippen LogP contribution is -2.47. The maximum Gasteiger partial charge on any atom is 0.244 e. The Balaban J connectivity index is 2.12. The molecule has 2 aromatic carbocycles. The summed E-state index contributed by atoms with van der Waals surface area (Å²) in [6.07, 6.45) is 0.598. The zero-order chi connectivity index (χ0) is 14.6. The predicted octanol–water partition coefficient (Wildman–Crippen LogP) is 3.42. The highest BCUT2D eigenvalue weighted by Crippen LogP contribution is 2.21. The quantitative estimate of drug-likeness (QED) is 0.892. The van der Waals surface area contributed by atoms with Gasteiger partial charge in [-0.15, -0.1) is 0 Å². The van der Waals surface area contributed by atoms with Crippen molar-refractivity contribution in [3.05, 3.63) is 54.6 Å². The molecule has 0 aromatic heterocycles. The molecule has 0 aliphatic carbocycles. The highest BCUT2D eigenvalue weighted by atomic mass is 16.2. The highest BCUT2D eigenvalue weighted by molar-refractivity contribution is 5.97. The Bertz CT molecular complexity index is 574. The van der Waals surface area contributed by atoms with Gasteiger partial charge in [0.15, 0.2) is 0 Å². The second-order valence-corrected chi connectivity index (χ2v) is 5.17. The molecule has 0 aliphatic rings. The second kappa shape index (κ2) is 5.88. The van der Waals surface area contributed by atoms with Gasteiger partial charge in [-0.3, -0.25) is 4.79 Å². The number of rotatable bonds is 4. The molecule has 0 heterocycles. The van der Waals surface area contributed by atoms with E-state index in [-0.39, 0.29) is 5.91 Å². The van der Waals surface area contributed by atoms with Crippen LogP contribution in [0.3, 0.4) is 0 Å². The Morgan fingerprint density at radius 1 is 1.05 bits per heavy atom. The topological polar surface area (TPSA) is 55.1 Å². The molecular formula is C17H20N2O. The van der Waals surface area contributed by atoms with Crippen LogP contribution < -0.4 is 11.1 Å². The van der Waals surface area contributed by atoms with Crippen molar-refractivity contribution in [3.8, 4) is 11.1 Å². The summed E-state index contributed by atoms with van der Waals surface area (Å²) in [5.74, 6) is -0.160. The van der Waals surface area contributed by atoms with Crippen LogP contribution in [0, 0.1) is 0 Å². The van der Waals surface area contributed by atoms with E-state index in [9.17, 15) is 4.79 Å². The van der Waals surface area contributed by atoms with Crippen molar-refractivity contribution in [1.82, 2.24) is 0 Å². The van der Waals surface area contributed by atoms with E-state index in [1.165, 1.54) is 0 Å². The number of nitrogens with one attached hydrogen (secondary N) is 1. The molecule has 3 nitrogen and oxygen atoms in total.